The van der Waals surface area contributed by atoms with Crippen LogP contribution in [-0.4, -0.2) is 21.7 Å². The summed E-state index contributed by atoms with van der Waals surface area (Å²) in [7, 11) is 0. The van der Waals surface area contributed by atoms with Gasteiger partial charge in [0.05, 0.1) is 0 Å². The highest BCUT2D eigenvalue weighted by Gasteiger charge is 2.16. The molecule has 1 amide bonds. The van der Waals surface area contributed by atoms with Crippen molar-refractivity contribution in [1.29, 1.82) is 0 Å². The molecule has 0 spiro atoms. The van der Waals surface area contributed by atoms with Gasteiger partial charge in [0.15, 0.2) is 4.84 Å². The molecule has 0 saturated heterocycles. The maximum Gasteiger partial charge on any atom is 0.270 e. The van der Waals surface area contributed by atoms with E-state index in [0.717, 1.165) is 4.42 Å². The highest BCUT2D eigenvalue weighted by atomic mass is 35.5. The second-order valence-corrected chi connectivity index (χ2v) is 2.82. The summed E-state index contributed by atoms with van der Waals surface area (Å²) in [6.45, 7) is 2.12. The molecule has 0 unspecified atom stereocenters. The first kappa shape index (κ1) is 9.34. The Kier molecular flexibility index (Phi) is 4.36. The molecule has 0 N–H and O–H groups in total. The zero-order valence-corrected chi connectivity index (χ0v) is 7.04. The predicted octanol–water partition coefficient (Wildman–Crippen LogP) is 1.79. The molecule has 0 aliphatic heterocycles. The van der Waals surface area contributed by atoms with E-state index in [0.29, 0.717) is 6.54 Å². The molecular formula is C4H6Cl3NO. The zero-order valence-electron chi connectivity index (χ0n) is 4.77. The first-order valence-electron chi connectivity index (χ1n) is 2.35. The van der Waals surface area contributed by atoms with E-state index < -0.39 is 10.7 Å². The fourth-order valence-corrected chi connectivity index (χ4v) is 0.695. The van der Waals surface area contributed by atoms with Crippen LogP contribution >= 0.6 is 35.0 Å². The van der Waals surface area contributed by atoms with Crippen LogP contribution in [0.2, 0.25) is 0 Å². The molecule has 0 bridgehead atoms. The Morgan fingerprint density at radius 1 is 1.67 bits per heavy atom. The van der Waals surface area contributed by atoms with E-state index in [1.165, 1.54) is 0 Å². The maximum absolute atomic E-state index is 10.6. The van der Waals surface area contributed by atoms with E-state index in [-0.39, 0.29) is 0 Å². The summed E-state index contributed by atoms with van der Waals surface area (Å²) in [6, 6.07) is 0. The number of hydrogen-bond donors (Lipinski definition) is 0. The van der Waals surface area contributed by atoms with Gasteiger partial charge in [-0.1, -0.05) is 23.2 Å². The number of nitrogens with zero attached hydrogens (tertiary/aromatic N) is 1. The zero-order chi connectivity index (χ0) is 7.44. The normalized spacial score (nSPS) is 9.89. The third-order valence-electron chi connectivity index (χ3n) is 0.703. The van der Waals surface area contributed by atoms with E-state index in [1.807, 2.05) is 0 Å². The van der Waals surface area contributed by atoms with E-state index in [9.17, 15) is 4.79 Å². The van der Waals surface area contributed by atoms with Gasteiger partial charge in [-0.2, -0.15) is 0 Å². The van der Waals surface area contributed by atoms with Crippen molar-refractivity contribution in [3.63, 3.8) is 0 Å². The summed E-state index contributed by atoms with van der Waals surface area (Å²) < 4.78 is 0.935. The van der Waals surface area contributed by atoms with Gasteiger partial charge in [0.1, 0.15) is 0 Å². The second-order valence-electron chi connectivity index (χ2n) is 1.32. The summed E-state index contributed by atoms with van der Waals surface area (Å²) >= 11 is 15.7. The molecule has 0 aromatic carbocycles. The molecule has 9 heavy (non-hydrogen) atoms. The number of alkyl halides is 2. The lowest BCUT2D eigenvalue weighted by atomic mass is 10.6. The van der Waals surface area contributed by atoms with Crippen LogP contribution in [0.4, 0.5) is 0 Å². The second kappa shape index (κ2) is 4.20. The number of hydrogen-bond acceptors (Lipinski definition) is 1. The van der Waals surface area contributed by atoms with Crippen molar-refractivity contribution in [3.8, 4) is 0 Å². The van der Waals surface area contributed by atoms with Gasteiger partial charge in [0.2, 0.25) is 0 Å². The SMILES string of the molecule is CCN(Cl)C(=O)C(Cl)Cl. The van der Waals surface area contributed by atoms with Crippen LogP contribution in [0.25, 0.3) is 0 Å². The van der Waals surface area contributed by atoms with Crippen molar-refractivity contribution in [2.75, 3.05) is 6.54 Å². The van der Waals surface area contributed by atoms with Crippen LogP contribution < -0.4 is 0 Å². The molecule has 0 aliphatic rings. The summed E-state index contributed by atoms with van der Waals surface area (Å²) in [4.78, 5) is 9.55. The van der Waals surface area contributed by atoms with Gasteiger partial charge in [-0.3, -0.25) is 9.21 Å². The Morgan fingerprint density at radius 2 is 2.11 bits per heavy atom. The predicted molar refractivity (Wildman–Crippen MR) is 38.7 cm³/mol. The Labute approximate surface area is 68.8 Å². The molecule has 0 heterocycles. The van der Waals surface area contributed by atoms with E-state index in [1.54, 1.807) is 6.92 Å². The third-order valence-corrected chi connectivity index (χ3v) is 1.48. The largest absolute Gasteiger partial charge is 0.270 e. The minimum Gasteiger partial charge on any atom is -0.270 e. The molecule has 0 radical (unpaired) electrons. The average Bonchev–Trinajstić information content (AvgIpc) is 1.84. The summed E-state index contributed by atoms with van der Waals surface area (Å²) in [5.74, 6) is -0.484. The molecule has 5 heteroatoms. The van der Waals surface area contributed by atoms with Crippen molar-refractivity contribution < 1.29 is 4.79 Å². The summed E-state index contributed by atoms with van der Waals surface area (Å²) in [6.07, 6.45) is 0. The van der Waals surface area contributed by atoms with Gasteiger partial charge in [-0.25, -0.2) is 0 Å². The van der Waals surface area contributed by atoms with Crippen LogP contribution in [0.15, 0.2) is 0 Å². The summed E-state index contributed by atoms with van der Waals surface area (Å²) in [5.41, 5.74) is 0. The molecule has 0 aromatic rings. The molecule has 0 aliphatic carbocycles. The standard InChI is InChI=1S/C4H6Cl3NO/c1-2-8(7)4(9)3(5)6/h3H,2H2,1H3. The highest BCUT2D eigenvalue weighted by Crippen LogP contribution is 2.07. The lowest BCUT2D eigenvalue weighted by Gasteiger charge is -2.10. The molecular weight excluding hydrogens is 184 g/mol. The maximum atomic E-state index is 10.6. The van der Waals surface area contributed by atoms with Gasteiger partial charge in [-0.15, -0.1) is 0 Å². The van der Waals surface area contributed by atoms with Gasteiger partial charge in [-0.05, 0) is 6.92 Å². The average molecular weight is 190 g/mol. The molecule has 0 atom stereocenters. The van der Waals surface area contributed by atoms with Crippen molar-refractivity contribution in [2.45, 2.75) is 11.8 Å². The van der Waals surface area contributed by atoms with E-state index in [2.05, 4.69) is 0 Å². The number of rotatable bonds is 2. The molecule has 0 fully saturated rings. The molecule has 54 valence electrons. The molecule has 0 saturated carbocycles. The fourth-order valence-electron chi connectivity index (χ4n) is 0.262. The van der Waals surface area contributed by atoms with Gasteiger partial charge in [0, 0.05) is 18.3 Å². The Bertz CT molecular complexity index is 106. The molecule has 0 rings (SSSR count). The molecule has 2 nitrogen and oxygen atoms in total. The Morgan fingerprint density at radius 3 is 2.22 bits per heavy atom. The first-order chi connectivity index (χ1) is 4.09. The lowest BCUT2D eigenvalue weighted by Crippen LogP contribution is -2.26. The van der Waals surface area contributed by atoms with Crippen molar-refractivity contribution in [1.82, 2.24) is 4.42 Å². The van der Waals surface area contributed by atoms with Crippen LogP contribution in [-0.2, 0) is 4.79 Å². The van der Waals surface area contributed by atoms with Gasteiger partial charge in [0.25, 0.3) is 5.91 Å². The van der Waals surface area contributed by atoms with Crippen LogP contribution in [0.5, 0.6) is 0 Å². The number of carbonyl (C=O) groups excluding carboxylic acids is 1. The van der Waals surface area contributed by atoms with Crippen molar-refractivity contribution in [3.05, 3.63) is 0 Å². The van der Waals surface area contributed by atoms with Crippen LogP contribution in [0.1, 0.15) is 6.92 Å². The van der Waals surface area contributed by atoms with Gasteiger partial charge >= 0.3 is 0 Å². The first-order valence-corrected chi connectivity index (χ1v) is 3.56. The van der Waals surface area contributed by atoms with Crippen molar-refractivity contribution in [2.24, 2.45) is 0 Å². The highest BCUT2D eigenvalue weighted by molar-refractivity contribution is 6.54. The van der Waals surface area contributed by atoms with Crippen LogP contribution in [0.3, 0.4) is 0 Å². The van der Waals surface area contributed by atoms with E-state index >= 15 is 0 Å². The quantitative estimate of drug-likeness (QED) is 0.480. The third kappa shape index (κ3) is 3.14. The summed E-state index contributed by atoms with van der Waals surface area (Å²) in [5, 5.41) is 0. The minimum absolute atomic E-state index is 0.399. The smallest absolute Gasteiger partial charge is 0.270 e. The lowest BCUT2D eigenvalue weighted by molar-refractivity contribution is -0.124. The monoisotopic (exact) mass is 189 g/mol. The Hall–Kier alpha value is 0.340. The Balaban J connectivity index is 3.73. The van der Waals surface area contributed by atoms with Crippen molar-refractivity contribution >= 4 is 40.9 Å². The number of halogens is 3. The fraction of sp³-hybridized carbons (Fsp3) is 0.750. The molecule has 0 aromatic heterocycles. The van der Waals surface area contributed by atoms with E-state index in [4.69, 9.17) is 35.0 Å². The van der Waals surface area contributed by atoms with Crippen LogP contribution in [0, 0.1) is 0 Å². The number of amides is 1. The van der Waals surface area contributed by atoms with Gasteiger partial charge < -0.3 is 0 Å². The number of carbonyl (C=O) groups is 1. The minimum atomic E-state index is -1.05. The topological polar surface area (TPSA) is 20.3 Å².